The van der Waals surface area contributed by atoms with Crippen molar-refractivity contribution in [2.75, 3.05) is 6.61 Å². The van der Waals surface area contributed by atoms with Crippen LogP contribution in [-0.2, 0) is 11.2 Å². The molecule has 3 nitrogen and oxygen atoms in total. The zero-order valence-electron chi connectivity index (χ0n) is 15.1. The van der Waals surface area contributed by atoms with Crippen LogP contribution in [0, 0.1) is 20.8 Å². The third kappa shape index (κ3) is 4.38. The molecule has 0 aromatic heterocycles. The number of benzene rings is 2. The van der Waals surface area contributed by atoms with Crippen LogP contribution >= 0.6 is 0 Å². The molecule has 2 aromatic carbocycles. The second-order valence-corrected chi connectivity index (χ2v) is 6.74. The van der Waals surface area contributed by atoms with E-state index in [9.17, 15) is 4.79 Å². The van der Waals surface area contributed by atoms with Gasteiger partial charge in [0.25, 0.3) is 0 Å². The molecule has 0 saturated carbocycles. The van der Waals surface area contributed by atoms with E-state index in [-0.39, 0.29) is 6.61 Å². The predicted molar refractivity (Wildman–Crippen MR) is 97.1 cm³/mol. The molecule has 0 aliphatic heterocycles. The topological polar surface area (TPSA) is 46.5 Å². The SMILES string of the molecule is Cc1ccc(Cc2c(C)cc(OCC(=O)O)cc2C)cc1C(C)C. The van der Waals surface area contributed by atoms with Gasteiger partial charge in [0.2, 0.25) is 0 Å². The lowest BCUT2D eigenvalue weighted by Gasteiger charge is -2.15. The summed E-state index contributed by atoms with van der Waals surface area (Å²) in [4.78, 5) is 10.6. The fourth-order valence-electron chi connectivity index (χ4n) is 3.09. The fourth-order valence-corrected chi connectivity index (χ4v) is 3.09. The first kappa shape index (κ1) is 18.1. The van der Waals surface area contributed by atoms with Crippen molar-refractivity contribution >= 4 is 5.97 Å². The molecule has 0 heterocycles. The number of hydrogen-bond donors (Lipinski definition) is 1. The molecule has 0 aliphatic rings. The van der Waals surface area contributed by atoms with Crippen LogP contribution in [0.4, 0.5) is 0 Å². The van der Waals surface area contributed by atoms with Gasteiger partial charge in [0.15, 0.2) is 6.61 Å². The zero-order chi connectivity index (χ0) is 17.9. The summed E-state index contributed by atoms with van der Waals surface area (Å²) in [5.74, 6) is 0.164. The van der Waals surface area contributed by atoms with Gasteiger partial charge in [-0.3, -0.25) is 0 Å². The van der Waals surface area contributed by atoms with Gasteiger partial charge in [-0.1, -0.05) is 32.0 Å². The van der Waals surface area contributed by atoms with Crippen molar-refractivity contribution in [2.24, 2.45) is 0 Å². The smallest absolute Gasteiger partial charge is 0.341 e. The Morgan fingerprint density at radius 2 is 1.67 bits per heavy atom. The van der Waals surface area contributed by atoms with E-state index < -0.39 is 5.97 Å². The highest BCUT2D eigenvalue weighted by molar-refractivity contribution is 5.68. The number of aryl methyl sites for hydroxylation is 3. The van der Waals surface area contributed by atoms with Crippen molar-refractivity contribution in [3.05, 3.63) is 63.7 Å². The number of ether oxygens (including phenoxy) is 1. The Morgan fingerprint density at radius 3 is 2.21 bits per heavy atom. The molecular weight excluding hydrogens is 300 g/mol. The van der Waals surface area contributed by atoms with E-state index in [1.54, 1.807) is 0 Å². The summed E-state index contributed by atoms with van der Waals surface area (Å²) >= 11 is 0. The first-order valence-electron chi connectivity index (χ1n) is 8.32. The summed E-state index contributed by atoms with van der Waals surface area (Å²) in [5, 5.41) is 8.73. The number of carboxylic acid groups (broad SMARTS) is 1. The average molecular weight is 326 g/mol. The van der Waals surface area contributed by atoms with Gasteiger partial charge in [-0.15, -0.1) is 0 Å². The molecule has 2 rings (SSSR count). The largest absolute Gasteiger partial charge is 0.482 e. The van der Waals surface area contributed by atoms with Crippen LogP contribution in [-0.4, -0.2) is 17.7 Å². The van der Waals surface area contributed by atoms with Crippen LogP contribution in [0.3, 0.4) is 0 Å². The van der Waals surface area contributed by atoms with E-state index in [4.69, 9.17) is 9.84 Å². The van der Waals surface area contributed by atoms with E-state index in [1.807, 2.05) is 26.0 Å². The first-order chi connectivity index (χ1) is 11.3. The van der Waals surface area contributed by atoms with Crippen LogP contribution in [0.1, 0.15) is 53.1 Å². The average Bonchev–Trinajstić information content (AvgIpc) is 2.50. The summed E-state index contributed by atoms with van der Waals surface area (Å²) in [6.07, 6.45) is 0.872. The van der Waals surface area contributed by atoms with Gasteiger partial charge in [0.1, 0.15) is 5.75 Å². The minimum Gasteiger partial charge on any atom is -0.482 e. The quantitative estimate of drug-likeness (QED) is 0.830. The Kier molecular flexibility index (Phi) is 5.66. The number of aliphatic carboxylic acids is 1. The van der Waals surface area contributed by atoms with E-state index in [0.717, 1.165) is 17.5 Å². The van der Waals surface area contributed by atoms with Gasteiger partial charge in [-0.05, 0) is 78.6 Å². The van der Waals surface area contributed by atoms with Gasteiger partial charge >= 0.3 is 5.97 Å². The van der Waals surface area contributed by atoms with Crippen molar-refractivity contribution in [1.82, 2.24) is 0 Å². The van der Waals surface area contributed by atoms with E-state index in [1.165, 1.54) is 22.3 Å². The summed E-state index contributed by atoms with van der Waals surface area (Å²) in [7, 11) is 0. The molecule has 1 N–H and O–H groups in total. The highest BCUT2D eigenvalue weighted by Crippen LogP contribution is 2.26. The second kappa shape index (κ2) is 7.52. The molecule has 0 spiro atoms. The molecule has 0 unspecified atom stereocenters. The summed E-state index contributed by atoms with van der Waals surface area (Å²) in [6, 6.07) is 10.5. The molecular formula is C21H26O3. The van der Waals surface area contributed by atoms with Crippen LogP contribution < -0.4 is 4.74 Å². The minimum atomic E-state index is -0.963. The molecule has 128 valence electrons. The van der Waals surface area contributed by atoms with Crippen molar-refractivity contribution < 1.29 is 14.6 Å². The van der Waals surface area contributed by atoms with Crippen molar-refractivity contribution in [2.45, 2.75) is 47.0 Å². The van der Waals surface area contributed by atoms with Gasteiger partial charge in [0, 0.05) is 0 Å². The molecule has 0 radical (unpaired) electrons. The lowest BCUT2D eigenvalue weighted by molar-refractivity contribution is -0.139. The maximum atomic E-state index is 10.6. The molecule has 0 bridgehead atoms. The second-order valence-electron chi connectivity index (χ2n) is 6.74. The van der Waals surface area contributed by atoms with Gasteiger partial charge in [-0.2, -0.15) is 0 Å². The van der Waals surface area contributed by atoms with E-state index in [0.29, 0.717) is 11.7 Å². The van der Waals surface area contributed by atoms with Crippen molar-refractivity contribution in [3.63, 3.8) is 0 Å². The Morgan fingerprint density at radius 1 is 1.04 bits per heavy atom. The normalized spacial score (nSPS) is 10.9. The lowest BCUT2D eigenvalue weighted by Crippen LogP contribution is -2.10. The lowest BCUT2D eigenvalue weighted by atomic mass is 9.91. The van der Waals surface area contributed by atoms with Gasteiger partial charge in [0.05, 0.1) is 0 Å². The predicted octanol–water partition coefficient (Wildman–Crippen LogP) is 4.79. The van der Waals surface area contributed by atoms with Crippen LogP contribution in [0.2, 0.25) is 0 Å². The maximum Gasteiger partial charge on any atom is 0.341 e. The third-order valence-corrected chi connectivity index (χ3v) is 4.38. The van der Waals surface area contributed by atoms with E-state index in [2.05, 4.69) is 39.0 Å². The standard InChI is InChI=1S/C21H26O3/c1-13(2)19-10-17(7-6-14(19)3)11-20-15(4)8-18(9-16(20)5)24-12-21(22)23/h6-10,13H,11-12H2,1-5H3,(H,22,23). The Bertz CT molecular complexity index is 722. The Hall–Kier alpha value is -2.29. The number of carbonyl (C=O) groups is 1. The number of hydrogen-bond acceptors (Lipinski definition) is 2. The van der Waals surface area contributed by atoms with Crippen LogP contribution in [0.5, 0.6) is 5.75 Å². The molecule has 0 amide bonds. The molecule has 24 heavy (non-hydrogen) atoms. The Labute approximate surface area is 144 Å². The highest BCUT2D eigenvalue weighted by atomic mass is 16.5. The molecule has 0 fully saturated rings. The van der Waals surface area contributed by atoms with Gasteiger partial charge < -0.3 is 9.84 Å². The van der Waals surface area contributed by atoms with Crippen molar-refractivity contribution in [1.29, 1.82) is 0 Å². The fraction of sp³-hybridized carbons (Fsp3) is 0.381. The summed E-state index contributed by atoms with van der Waals surface area (Å²) < 4.78 is 5.30. The molecule has 0 saturated heterocycles. The molecule has 0 aliphatic carbocycles. The maximum absolute atomic E-state index is 10.6. The third-order valence-electron chi connectivity index (χ3n) is 4.38. The van der Waals surface area contributed by atoms with Gasteiger partial charge in [-0.25, -0.2) is 4.79 Å². The summed E-state index contributed by atoms with van der Waals surface area (Å²) in [5.41, 5.74) is 7.55. The number of rotatable bonds is 6. The summed E-state index contributed by atoms with van der Waals surface area (Å²) in [6.45, 7) is 10.4. The zero-order valence-corrected chi connectivity index (χ0v) is 15.1. The molecule has 0 atom stereocenters. The molecule has 2 aromatic rings. The van der Waals surface area contributed by atoms with Crippen LogP contribution in [0.15, 0.2) is 30.3 Å². The van der Waals surface area contributed by atoms with E-state index >= 15 is 0 Å². The first-order valence-corrected chi connectivity index (χ1v) is 8.32. The van der Waals surface area contributed by atoms with Crippen molar-refractivity contribution in [3.8, 4) is 5.75 Å². The monoisotopic (exact) mass is 326 g/mol. The Balaban J connectivity index is 2.27. The minimum absolute atomic E-state index is 0.312. The molecule has 3 heteroatoms. The van der Waals surface area contributed by atoms with Crippen LogP contribution in [0.25, 0.3) is 0 Å². The number of carboxylic acids is 1. The highest BCUT2D eigenvalue weighted by Gasteiger charge is 2.10.